The molecule has 0 aromatic heterocycles. The fourth-order valence-electron chi connectivity index (χ4n) is 1.71. The third-order valence-electron chi connectivity index (χ3n) is 2.70. The highest BCUT2D eigenvalue weighted by molar-refractivity contribution is 7.98. The first-order chi connectivity index (χ1) is 9.29. The Bertz CT molecular complexity index is 441. The van der Waals surface area contributed by atoms with E-state index in [2.05, 4.69) is 16.9 Å². The van der Waals surface area contributed by atoms with Crippen molar-refractivity contribution in [3.63, 3.8) is 0 Å². The van der Waals surface area contributed by atoms with E-state index >= 15 is 0 Å². The first kappa shape index (κ1) is 14.3. The highest BCUT2D eigenvalue weighted by Gasteiger charge is 2.12. The summed E-state index contributed by atoms with van der Waals surface area (Å²) in [5.41, 5.74) is 1.12. The topological polar surface area (TPSA) is 42.5 Å². The van der Waals surface area contributed by atoms with Crippen LogP contribution in [0.15, 0.2) is 18.2 Å². The van der Waals surface area contributed by atoms with E-state index in [0.717, 1.165) is 35.8 Å². The number of thiocarbonyl (C=S) groups is 1. The van der Waals surface area contributed by atoms with Crippen LogP contribution in [0.5, 0.6) is 11.5 Å². The van der Waals surface area contributed by atoms with Gasteiger partial charge in [-0.15, -0.1) is 0 Å². The molecule has 6 heteroatoms. The molecule has 0 bridgehead atoms. The van der Waals surface area contributed by atoms with Crippen molar-refractivity contribution in [1.82, 2.24) is 10.6 Å². The molecule has 0 saturated carbocycles. The number of hydrogen-bond donors (Lipinski definition) is 2. The van der Waals surface area contributed by atoms with Gasteiger partial charge in [0.05, 0.1) is 0 Å². The van der Waals surface area contributed by atoms with Crippen LogP contribution in [0.4, 0.5) is 0 Å². The number of rotatable bonds is 6. The van der Waals surface area contributed by atoms with E-state index in [1.807, 2.05) is 30.0 Å². The van der Waals surface area contributed by atoms with Gasteiger partial charge in [-0.05, 0) is 48.3 Å². The quantitative estimate of drug-likeness (QED) is 0.619. The Balaban J connectivity index is 1.71. The lowest BCUT2D eigenvalue weighted by atomic mass is 10.2. The van der Waals surface area contributed by atoms with E-state index in [-0.39, 0.29) is 0 Å². The van der Waals surface area contributed by atoms with E-state index < -0.39 is 0 Å². The van der Waals surface area contributed by atoms with Gasteiger partial charge in [0.15, 0.2) is 16.6 Å². The lowest BCUT2D eigenvalue weighted by Gasteiger charge is -2.10. The number of fused-ring (bicyclic) bond motifs is 1. The number of nitrogens with one attached hydrogen (secondary N) is 2. The zero-order valence-corrected chi connectivity index (χ0v) is 12.5. The first-order valence-electron chi connectivity index (χ1n) is 6.19. The molecule has 2 rings (SSSR count). The molecule has 1 aromatic carbocycles. The Morgan fingerprint density at radius 3 is 3.00 bits per heavy atom. The van der Waals surface area contributed by atoms with Crippen molar-refractivity contribution < 1.29 is 9.47 Å². The largest absolute Gasteiger partial charge is 0.454 e. The van der Waals surface area contributed by atoms with Crippen LogP contribution < -0.4 is 20.1 Å². The number of thioether (sulfide) groups is 1. The lowest BCUT2D eigenvalue weighted by Crippen LogP contribution is -2.35. The molecule has 4 nitrogen and oxygen atoms in total. The monoisotopic (exact) mass is 298 g/mol. The molecule has 19 heavy (non-hydrogen) atoms. The van der Waals surface area contributed by atoms with Gasteiger partial charge in [0, 0.05) is 13.1 Å². The summed E-state index contributed by atoms with van der Waals surface area (Å²) in [5, 5.41) is 7.07. The van der Waals surface area contributed by atoms with E-state index in [1.54, 1.807) is 0 Å². The zero-order chi connectivity index (χ0) is 13.5. The molecule has 0 radical (unpaired) electrons. The Hall–Kier alpha value is -1.14. The minimum Gasteiger partial charge on any atom is -0.454 e. The molecule has 1 heterocycles. The normalized spacial score (nSPS) is 12.3. The van der Waals surface area contributed by atoms with Crippen LogP contribution in [0.25, 0.3) is 0 Å². The molecule has 0 spiro atoms. The number of hydrogen-bond acceptors (Lipinski definition) is 4. The van der Waals surface area contributed by atoms with Crippen LogP contribution in [0, 0.1) is 0 Å². The smallest absolute Gasteiger partial charge is 0.231 e. The van der Waals surface area contributed by atoms with Crippen molar-refractivity contribution in [2.45, 2.75) is 13.0 Å². The fourth-order valence-corrected chi connectivity index (χ4v) is 2.32. The van der Waals surface area contributed by atoms with Crippen LogP contribution in [0.2, 0.25) is 0 Å². The van der Waals surface area contributed by atoms with Crippen LogP contribution >= 0.6 is 24.0 Å². The fraction of sp³-hybridized carbons (Fsp3) is 0.462. The summed E-state index contributed by atoms with van der Waals surface area (Å²) in [7, 11) is 0. The average Bonchev–Trinajstić information content (AvgIpc) is 2.89. The predicted molar refractivity (Wildman–Crippen MR) is 83.0 cm³/mol. The van der Waals surface area contributed by atoms with Gasteiger partial charge in [-0.1, -0.05) is 6.07 Å². The Morgan fingerprint density at radius 1 is 1.32 bits per heavy atom. The first-order valence-corrected chi connectivity index (χ1v) is 7.99. The molecule has 0 unspecified atom stereocenters. The molecule has 0 atom stereocenters. The molecule has 1 aliphatic heterocycles. The number of ether oxygens (including phenoxy) is 2. The van der Waals surface area contributed by atoms with Crippen LogP contribution in [0.1, 0.15) is 12.0 Å². The highest BCUT2D eigenvalue weighted by Crippen LogP contribution is 2.32. The SMILES string of the molecule is CSCCCNC(=S)NCc1ccc2c(c1)OCO2. The van der Waals surface area contributed by atoms with Gasteiger partial charge >= 0.3 is 0 Å². The Kier molecular flexibility index (Phi) is 5.60. The van der Waals surface area contributed by atoms with Crippen LogP contribution in [-0.2, 0) is 6.54 Å². The van der Waals surface area contributed by atoms with Gasteiger partial charge < -0.3 is 20.1 Å². The summed E-state index contributed by atoms with van der Waals surface area (Å²) in [4.78, 5) is 0. The summed E-state index contributed by atoms with van der Waals surface area (Å²) in [5.74, 6) is 2.76. The van der Waals surface area contributed by atoms with Crippen molar-refractivity contribution in [1.29, 1.82) is 0 Å². The zero-order valence-electron chi connectivity index (χ0n) is 10.9. The van der Waals surface area contributed by atoms with E-state index in [4.69, 9.17) is 21.7 Å². The average molecular weight is 298 g/mol. The molecule has 2 N–H and O–H groups in total. The number of benzene rings is 1. The lowest BCUT2D eigenvalue weighted by molar-refractivity contribution is 0.174. The van der Waals surface area contributed by atoms with Gasteiger partial charge in [0.2, 0.25) is 6.79 Å². The standard InChI is InChI=1S/C13H18N2O2S2/c1-19-6-2-5-14-13(18)15-8-10-3-4-11-12(7-10)17-9-16-11/h3-4,7H,2,5-6,8-9H2,1H3,(H2,14,15,18). The van der Waals surface area contributed by atoms with Crippen LogP contribution in [-0.4, -0.2) is 30.5 Å². The minimum absolute atomic E-state index is 0.307. The summed E-state index contributed by atoms with van der Waals surface area (Å²) in [6.07, 6.45) is 3.23. The van der Waals surface area contributed by atoms with Gasteiger partial charge in [0.1, 0.15) is 0 Å². The molecule has 104 valence electrons. The second kappa shape index (κ2) is 7.45. The summed E-state index contributed by atoms with van der Waals surface area (Å²) < 4.78 is 10.6. The Morgan fingerprint density at radius 2 is 2.16 bits per heavy atom. The summed E-state index contributed by atoms with van der Waals surface area (Å²) in [6, 6.07) is 5.91. The maximum absolute atomic E-state index is 5.34. The third-order valence-corrected chi connectivity index (χ3v) is 3.69. The predicted octanol–water partition coefficient (Wildman–Crippen LogP) is 2.13. The summed E-state index contributed by atoms with van der Waals surface area (Å²) >= 11 is 7.06. The summed E-state index contributed by atoms with van der Waals surface area (Å²) in [6.45, 7) is 1.90. The van der Waals surface area contributed by atoms with Gasteiger partial charge in [0.25, 0.3) is 0 Å². The molecule has 1 aromatic rings. The van der Waals surface area contributed by atoms with Crippen molar-refractivity contribution in [2.24, 2.45) is 0 Å². The van der Waals surface area contributed by atoms with Gasteiger partial charge in [-0.3, -0.25) is 0 Å². The van der Waals surface area contributed by atoms with Crippen molar-refractivity contribution >= 4 is 29.1 Å². The van der Waals surface area contributed by atoms with Crippen molar-refractivity contribution in [3.05, 3.63) is 23.8 Å². The molecule has 0 amide bonds. The van der Waals surface area contributed by atoms with Gasteiger partial charge in [-0.2, -0.15) is 11.8 Å². The Labute approximate surface area is 123 Å². The van der Waals surface area contributed by atoms with Crippen LogP contribution in [0.3, 0.4) is 0 Å². The molecule has 0 aliphatic carbocycles. The molecule has 1 aliphatic rings. The maximum Gasteiger partial charge on any atom is 0.231 e. The second-order valence-electron chi connectivity index (χ2n) is 4.14. The highest BCUT2D eigenvalue weighted by atomic mass is 32.2. The van der Waals surface area contributed by atoms with E-state index in [9.17, 15) is 0 Å². The van der Waals surface area contributed by atoms with E-state index in [0.29, 0.717) is 18.5 Å². The van der Waals surface area contributed by atoms with Crippen molar-refractivity contribution in [3.8, 4) is 11.5 Å². The molecular weight excluding hydrogens is 280 g/mol. The second-order valence-corrected chi connectivity index (χ2v) is 5.54. The minimum atomic E-state index is 0.307. The molecule has 0 saturated heterocycles. The van der Waals surface area contributed by atoms with Crippen molar-refractivity contribution in [2.75, 3.05) is 25.3 Å². The maximum atomic E-state index is 5.34. The molecule has 0 fully saturated rings. The third kappa shape index (κ3) is 4.47. The van der Waals surface area contributed by atoms with E-state index in [1.165, 1.54) is 0 Å². The molecular formula is C13H18N2O2S2. The van der Waals surface area contributed by atoms with Gasteiger partial charge in [-0.25, -0.2) is 0 Å².